The highest BCUT2D eigenvalue weighted by molar-refractivity contribution is 5.98. The molecule has 1 aliphatic rings. The van der Waals surface area contributed by atoms with E-state index in [1.54, 1.807) is 6.07 Å². The highest BCUT2D eigenvalue weighted by Gasteiger charge is 2.22. The number of ketones is 1. The van der Waals surface area contributed by atoms with Crippen molar-refractivity contribution in [2.24, 2.45) is 0 Å². The average molecular weight is 278 g/mol. The van der Waals surface area contributed by atoms with Crippen molar-refractivity contribution in [1.82, 2.24) is 10.2 Å². The summed E-state index contributed by atoms with van der Waals surface area (Å²) in [5, 5.41) is 22.1. The SMILES string of the molecule is CCN(CC(=O)c1ccc(O)c(O)c1)C1CCNCC1. The molecule has 0 aliphatic carbocycles. The smallest absolute Gasteiger partial charge is 0.176 e. The molecule has 1 aromatic carbocycles. The molecule has 0 bridgehead atoms. The fourth-order valence-electron chi connectivity index (χ4n) is 2.64. The first kappa shape index (κ1) is 14.8. The van der Waals surface area contributed by atoms with Crippen LogP contribution in [-0.2, 0) is 0 Å². The summed E-state index contributed by atoms with van der Waals surface area (Å²) in [5.74, 6) is -0.478. The van der Waals surface area contributed by atoms with Crippen LogP contribution < -0.4 is 5.32 Å². The van der Waals surface area contributed by atoms with Crippen molar-refractivity contribution >= 4 is 5.78 Å². The molecule has 5 nitrogen and oxygen atoms in total. The molecule has 1 aliphatic heterocycles. The third-order valence-electron chi connectivity index (χ3n) is 3.88. The van der Waals surface area contributed by atoms with Crippen LogP contribution in [0.15, 0.2) is 18.2 Å². The first-order valence-corrected chi connectivity index (χ1v) is 7.11. The Hall–Kier alpha value is -1.59. The van der Waals surface area contributed by atoms with Crippen molar-refractivity contribution in [2.45, 2.75) is 25.8 Å². The van der Waals surface area contributed by atoms with Crippen LogP contribution in [0.4, 0.5) is 0 Å². The van der Waals surface area contributed by atoms with Crippen molar-refractivity contribution in [1.29, 1.82) is 0 Å². The van der Waals surface area contributed by atoms with E-state index in [4.69, 9.17) is 0 Å². The number of likely N-dealkylation sites (N-methyl/N-ethyl adjacent to an activating group) is 1. The van der Waals surface area contributed by atoms with Crippen molar-refractivity contribution < 1.29 is 15.0 Å². The van der Waals surface area contributed by atoms with Gasteiger partial charge in [0.15, 0.2) is 17.3 Å². The van der Waals surface area contributed by atoms with Gasteiger partial charge in [0.2, 0.25) is 0 Å². The summed E-state index contributed by atoms with van der Waals surface area (Å²) in [7, 11) is 0. The number of carbonyl (C=O) groups excluding carboxylic acids is 1. The number of phenolic OH excluding ortho intramolecular Hbond substituents is 2. The normalized spacial score (nSPS) is 16.5. The van der Waals surface area contributed by atoms with Crippen molar-refractivity contribution in [3.8, 4) is 11.5 Å². The Morgan fingerprint density at radius 1 is 1.30 bits per heavy atom. The van der Waals surface area contributed by atoms with Crippen LogP contribution in [0.5, 0.6) is 11.5 Å². The van der Waals surface area contributed by atoms with Crippen LogP contribution in [0.25, 0.3) is 0 Å². The number of nitrogens with one attached hydrogen (secondary N) is 1. The first-order chi connectivity index (χ1) is 9.61. The molecule has 20 heavy (non-hydrogen) atoms. The highest BCUT2D eigenvalue weighted by Crippen LogP contribution is 2.25. The number of rotatable bonds is 5. The minimum Gasteiger partial charge on any atom is -0.504 e. The van der Waals surface area contributed by atoms with Gasteiger partial charge < -0.3 is 15.5 Å². The van der Waals surface area contributed by atoms with Gasteiger partial charge in [-0.3, -0.25) is 9.69 Å². The number of phenols is 2. The summed E-state index contributed by atoms with van der Waals surface area (Å²) in [6.45, 7) is 5.24. The Bertz CT molecular complexity index is 470. The molecule has 1 fully saturated rings. The maximum atomic E-state index is 12.3. The summed E-state index contributed by atoms with van der Waals surface area (Å²) >= 11 is 0. The van der Waals surface area contributed by atoms with E-state index in [2.05, 4.69) is 17.1 Å². The Morgan fingerprint density at radius 3 is 2.60 bits per heavy atom. The largest absolute Gasteiger partial charge is 0.504 e. The quantitative estimate of drug-likeness (QED) is 0.560. The summed E-state index contributed by atoms with van der Waals surface area (Å²) in [6, 6.07) is 4.67. The standard InChI is InChI=1S/C15H22N2O3/c1-2-17(12-5-7-16-8-6-12)10-15(20)11-3-4-13(18)14(19)9-11/h3-4,9,12,16,18-19H,2,5-8,10H2,1H3. The molecular formula is C15H22N2O3. The number of Topliss-reactive ketones (excluding diaryl/α,β-unsaturated/α-hetero) is 1. The number of nitrogens with zero attached hydrogens (tertiary/aromatic N) is 1. The van der Waals surface area contributed by atoms with Gasteiger partial charge in [-0.1, -0.05) is 6.92 Å². The molecule has 1 aromatic rings. The third kappa shape index (κ3) is 3.49. The molecule has 0 spiro atoms. The van der Waals surface area contributed by atoms with Gasteiger partial charge in [-0.05, 0) is 50.7 Å². The van der Waals surface area contributed by atoms with Crippen LogP contribution in [0.1, 0.15) is 30.1 Å². The Labute approximate surface area is 119 Å². The van der Waals surface area contributed by atoms with E-state index in [1.165, 1.54) is 12.1 Å². The fraction of sp³-hybridized carbons (Fsp3) is 0.533. The monoisotopic (exact) mass is 278 g/mol. The van der Waals surface area contributed by atoms with Crippen molar-refractivity contribution in [3.05, 3.63) is 23.8 Å². The summed E-state index contributed by atoms with van der Waals surface area (Å²) < 4.78 is 0. The van der Waals surface area contributed by atoms with E-state index in [-0.39, 0.29) is 17.3 Å². The van der Waals surface area contributed by atoms with Gasteiger partial charge in [0.25, 0.3) is 0 Å². The van der Waals surface area contributed by atoms with Gasteiger partial charge in [-0.15, -0.1) is 0 Å². The number of benzene rings is 1. The lowest BCUT2D eigenvalue weighted by atomic mass is 10.0. The van der Waals surface area contributed by atoms with Crippen LogP contribution in [0.2, 0.25) is 0 Å². The number of hydrogen-bond acceptors (Lipinski definition) is 5. The number of piperidine rings is 1. The van der Waals surface area contributed by atoms with Crippen LogP contribution in [-0.4, -0.2) is 53.1 Å². The van der Waals surface area contributed by atoms with Gasteiger partial charge in [0.05, 0.1) is 6.54 Å². The number of hydrogen-bond donors (Lipinski definition) is 3. The lowest BCUT2D eigenvalue weighted by Crippen LogP contribution is -2.45. The predicted octanol–water partition coefficient (Wildman–Crippen LogP) is 1.35. The van der Waals surface area contributed by atoms with E-state index >= 15 is 0 Å². The molecule has 2 rings (SSSR count). The second-order valence-corrected chi connectivity index (χ2v) is 5.17. The number of aromatic hydroxyl groups is 2. The van der Waals surface area contributed by atoms with Crippen molar-refractivity contribution in [3.63, 3.8) is 0 Å². The van der Waals surface area contributed by atoms with Gasteiger partial charge in [-0.25, -0.2) is 0 Å². The molecule has 0 radical (unpaired) electrons. The molecule has 0 unspecified atom stereocenters. The molecule has 1 saturated heterocycles. The zero-order valence-electron chi connectivity index (χ0n) is 11.8. The van der Waals surface area contributed by atoms with Gasteiger partial charge in [0, 0.05) is 11.6 Å². The lowest BCUT2D eigenvalue weighted by Gasteiger charge is -2.33. The first-order valence-electron chi connectivity index (χ1n) is 7.11. The van der Waals surface area contributed by atoms with Gasteiger partial charge in [-0.2, -0.15) is 0 Å². The van der Waals surface area contributed by atoms with E-state index in [1.807, 2.05) is 0 Å². The Kier molecular flexibility index (Phi) is 4.98. The Balaban J connectivity index is 2.02. The minimum atomic E-state index is -0.249. The molecule has 0 amide bonds. The van der Waals surface area contributed by atoms with Crippen LogP contribution in [0, 0.1) is 0 Å². The van der Waals surface area contributed by atoms with Crippen LogP contribution >= 0.6 is 0 Å². The number of carbonyl (C=O) groups is 1. The van der Waals surface area contributed by atoms with E-state index in [0.717, 1.165) is 32.5 Å². The average Bonchev–Trinajstić information content (AvgIpc) is 2.48. The van der Waals surface area contributed by atoms with Gasteiger partial charge in [0.1, 0.15) is 0 Å². The predicted molar refractivity (Wildman–Crippen MR) is 77.2 cm³/mol. The molecule has 0 saturated carbocycles. The fourth-order valence-corrected chi connectivity index (χ4v) is 2.64. The Morgan fingerprint density at radius 2 is 2.00 bits per heavy atom. The molecule has 1 heterocycles. The van der Waals surface area contributed by atoms with Crippen LogP contribution in [0.3, 0.4) is 0 Å². The zero-order valence-corrected chi connectivity index (χ0v) is 11.8. The summed E-state index contributed by atoms with van der Waals surface area (Å²) in [4.78, 5) is 14.5. The van der Waals surface area contributed by atoms with E-state index in [0.29, 0.717) is 18.2 Å². The van der Waals surface area contributed by atoms with E-state index in [9.17, 15) is 15.0 Å². The summed E-state index contributed by atoms with van der Waals surface area (Å²) in [6.07, 6.45) is 2.11. The zero-order chi connectivity index (χ0) is 14.5. The lowest BCUT2D eigenvalue weighted by molar-refractivity contribution is 0.0874. The second kappa shape index (κ2) is 6.72. The highest BCUT2D eigenvalue weighted by atomic mass is 16.3. The third-order valence-corrected chi connectivity index (χ3v) is 3.88. The van der Waals surface area contributed by atoms with Crippen molar-refractivity contribution in [2.75, 3.05) is 26.2 Å². The topological polar surface area (TPSA) is 72.8 Å². The maximum Gasteiger partial charge on any atom is 0.176 e. The molecule has 5 heteroatoms. The minimum absolute atomic E-state index is 0.0271. The molecule has 110 valence electrons. The molecular weight excluding hydrogens is 256 g/mol. The van der Waals surface area contributed by atoms with Gasteiger partial charge >= 0.3 is 0 Å². The maximum absolute atomic E-state index is 12.3. The van der Waals surface area contributed by atoms with E-state index < -0.39 is 0 Å². The molecule has 0 aromatic heterocycles. The molecule has 0 atom stereocenters. The summed E-state index contributed by atoms with van der Waals surface area (Å²) in [5.41, 5.74) is 0.438. The molecule has 3 N–H and O–H groups in total. The second-order valence-electron chi connectivity index (χ2n) is 5.17.